The fraction of sp³-hybridized carbons (Fsp3) is 0.190. The average Bonchev–Trinajstić information content (AvgIpc) is 3.33. The summed E-state index contributed by atoms with van der Waals surface area (Å²) in [5, 5.41) is 1.62. The summed E-state index contributed by atoms with van der Waals surface area (Å²) in [6, 6.07) is 15.4. The lowest BCUT2D eigenvalue weighted by Gasteiger charge is -2.13. The first-order valence-electron chi connectivity index (χ1n) is 9.71. The predicted octanol–water partition coefficient (Wildman–Crippen LogP) is 3.69. The normalized spacial score (nSPS) is 12.8. The molecule has 0 bridgehead atoms. The van der Waals surface area contributed by atoms with Crippen molar-refractivity contribution in [2.75, 3.05) is 4.72 Å². The fourth-order valence-corrected chi connectivity index (χ4v) is 5.74. The molecule has 0 spiro atoms. The summed E-state index contributed by atoms with van der Waals surface area (Å²) >= 11 is 1.04. The van der Waals surface area contributed by atoms with Gasteiger partial charge in [0, 0.05) is 0 Å². The Labute approximate surface area is 191 Å². The topological polar surface area (TPSA) is 121 Å². The third-order valence-corrected chi connectivity index (χ3v) is 8.87. The number of thiophene rings is 1. The van der Waals surface area contributed by atoms with E-state index in [0.717, 1.165) is 23.3 Å². The van der Waals surface area contributed by atoms with Gasteiger partial charge in [-0.3, -0.25) is 14.9 Å². The van der Waals surface area contributed by atoms with Crippen molar-refractivity contribution in [2.45, 2.75) is 35.3 Å². The Hall–Kier alpha value is -2.73. The number of nitrogens with one attached hydrogen (secondary N) is 3. The molecule has 0 aliphatic carbocycles. The first-order chi connectivity index (χ1) is 15.1. The van der Waals surface area contributed by atoms with Crippen LogP contribution in [0, 0.1) is 0 Å². The quantitative estimate of drug-likeness (QED) is 0.393. The van der Waals surface area contributed by atoms with Crippen molar-refractivity contribution in [1.29, 1.82) is 0 Å². The van der Waals surface area contributed by atoms with Crippen LogP contribution in [0.5, 0.6) is 0 Å². The minimum absolute atomic E-state index is 0.00321. The van der Waals surface area contributed by atoms with Crippen LogP contribution in [0.1, 0.15) is 42.1 Å². The zero-order valence-electron chi connectivity index (χ0n) is 17.4. The summed E-state index contributed by atoms with van der Waals surface area (Å²) in [4.78, 5) is 14.7. The molecule has 2 aromatic carbocycles. The van der Waals surface area contributed by atoms with Gasteiger partial charge in [-0.2, -0.15) is 0 Å². The van der Waals surface area contributed by atoms with Gasteiger partial charge >= 0.3 is 0 Å². The first-order valence-corrected chi connectivity index (χ1v) is 13.6. The summed E-state index contributed by atoms with van der Waals surface area (Å²) in [6.45, 7) is 4.09. The molecule has 3 rings (SSSR count). The van der Waals surface area contributed by atoms with Gasteiger partial charge in [0.15, 0.2) is 0 Å². The van der Waals surface area contributed by atoms with Gasteiger partial charge in [-0.05, 0) is 53.6 Å². The van der Waals surface area contributed by atoms with Crippen LogP contribution in [0.25, 0.3) is 0 Å². The largest absolute Gasteiger partial charge is 0.278 e. The molecule has 32 heavy (non-hydrogen) atoms. The number of benzene rings is 2. The van der Waals surface area contributed by atoms with Gasteiger partial charge in [0.2, 0.25) is 0 Å². The standard InChI is InChI=1S/C21H23N3O5S3/c1-3-15(2)16-10-12-17(13-11-16)31(26,27)24-22-21(25)18-7-4-5-8-19(18)23-32(28,29)20-9-6-14-30-20/h4-15,23-24H,3H2,1-2H3,(H,22,25). The number of sulfonamides is 2. The van der Waals surface area contributed by atoms with Gasteiger partial charge in [0.05, 0.1) is 16.1 Å². The van der Waals surface area contributed by atoms with Crippen molar-refractivity contribution in [3.05, 3.63) is 77.2 Å². The molecule has 1 unspecified atom stereocenters. The van der Waals surface area contributed by atoms with Crippen molar-refractivity contribution in [1.82, 2.24) is 10.3 Å². The molecule has 0 saturated heterocycles. The number of carbonyl (C=O) groups is 1. The Morgan fingerprint density at radius 2 is 1.62 bits per heavy atom. The molecule has 1 heterocycles. The van der Waals surface area contributed by atoms with Gasteiger partial charge in [-0.25, -0.2) is 16.8 Å². The van der Waals surface area contributed by atoms with E-state index in [1.807, 2.05) is 13.8 Å². The van der Waals surface area contributed by atoms with Gasteiger partial charge in [0.1, 0.15) is 4.21 Å². The Bertz CT molecular complexity index is 1290. The van der Waals surface area contributed by atoms with Crippen LogP contribution in [0.15, 0.2) is 75.1 Å². The Kier molecular flexibility index (Phi) is 7.34. The first kappa shape index (κ1) is 23.9. The minimum atomic E-state index is -4.01. The lowest BCUT2D eigenvalue weighted by molar-refractivity contribution is 0.0946. The summed E-state index contributed by atoms with van der Waals surface area (Å²) in [5.41, 5.74) is 3.14. The number of carbonyl (C=O) groups excluding carboxylic acids is 1. The Morgan fingerprint density at radius 3 is 2.25 bits per heavy atom. The molecule has 0 fully saturated rings. The van der Waals surface area contributed by atoms with E-state index in [4.69, 9.17) is 0 Å². The van der Waals surface area contributed by atoms with Crippen molar-refractivity contribution in [3.63, 3.8) is 0 Å². The third-order valence-electron chi connectivity index (χ3n) is 4.85. The van der Waals surface area contributed by atoms with Crippen LogP contribution in [0.4, 0.5) is 5.69 Å². The van der Waals surface area contributed by atoms with E-state index >= 15 is 0 Å². The van der Waals surface area contributed by atoms with E-state index < -0.39 is 26.0 Å². The number of para-hydroxylation sites is 1. The van der Waals surface area contributed by atoms with Crippen molar-refractivity contribution in [3.8, 4) is 0 Å². The molecular formula is C21H23N3O5S3. The van der Waals surface area contributed by atoms with Crippen LogP contribution in [-0.2, 0) is 20.0 Å². The predicted molar refractivity (Wildman–Crippen MR) is 125 cm³/mol. The van der Waals surface area contributed by atoms with Crippen molar-refractivity contribution in [2.24, 2.45) is 0 Å². The molecule has 0 saturated carbocycles. The monoisotopic (exact) mass is 493 g/mol. The highest BCUT2D eigenvalue weighted by molar-refractivity contribution is 7.94. The number of anilines is 1. The highest BCUT2D eigenvalue weighted by atomic mass is 32.2. The molecule has 1 amide bonds. The maximum Gasteiger partial charge on any atom is 0.271 e. The molecule has 3 N–H and O–H groups in total. The second-order valence-electron chi connectivity index (χ2n) is 7.02. The van der Waals surface area contributed by atoms with Gasteiger partial charge in [0.25, 0.3) is 26.0 Å². The van der Waals surface area contributed by atoms with E-state index in [-0.39, 0.29) is 20.4 Å². The number of hydrogen-bond acceptors (Lipinski definition) is 6. The van der Waals surface area contributed by atoms with Gasteiger partial charge in [-0.15, -0.1) is 16.2 Å². The number of hydrogen-bond donors (Lipinski definition) is 3. The lowest BCUT2D eigenvalue weighted by atomic mass is 9.99. The maximum atomic E-state index is 12.6. The molecule has 0 aliphatic heterocycles. The van der Waals surface area contributed by atoms with Crippen molar-refractivity contribution < 1.29 is 21.6 Å². The van der Waals surface area contributed by atoms with E-state index in [1.54, 1.807) is 35.7 Å². The molecule has 1 aromatic heterocycles. The molecule has 11 heteroatoms. The molecule has 3 aromatic rings. The molecule has 1 atom stereocenters. The SMILES string of the molecule is CCC(C)c1ccc(S(=O)(=O)NNC(=O)c2ccccc2NS(=O)(=O)c2cccs2)cc1. The van der Waals surface area contributed by atoms with Crippen LogP contribution in [-0.4, -0.2) is 22.7 Å². The highest BCUT2D eigenvalue weighted by Crippen LogP contribution is 2.23. The second-order valence-corrected chi connectivity index (χ2v) is 11.6. The minimum Gasteiger partial charge on any atom is -0.278 e. The van der Waals surface area contributed by atoms with Crippen LogP contribution < -0.4 is 15.0 Å². The molecule has 0 aliphatic rings. The lowest BCUT2D eigenvalue weighted by Crippen LogP contribution is -2.41. The highest BCUT2D eigenvalue weighted by Gasteiger charge is 2.21. The summed E-state index contributed by atoms with van der Waals surface area (Å²) in [7, 11) is -7.89. The Balaban J connectivity index is 1.74. The van der Waals surface area contributed by atoms with Crippen LogP contribution >= 0.6 is 11.3 Å². The fourth-order valence-electron chi connectivity index (χ4n) is 2.83. The van der Waals surface area contributed by atoms with Gasteiger partial charge < -0.3 is 0 Å². The van der Waals surface area contributed by atoms with E-state index in [0.29, 0.717) is 5.92 Å². The number of rotatable bonds is 9. The van der Waals surface area contributed by atoms with E-state index in [2.05, 4.69) is 15.0 Å². The van der Waals surface area contributed by atoms with Crippen molar-refractivity contribution >= 4 is 43.0 Å². The van der Waals surface area contributed by atoms with Crippen LogP contribution in [0.2, 0.25) is 0 Å². The summed E-state index contributed by atoms with van der Waals surface area (Å²) < 4.78 is 52.5. The smallest absolute Gasteiger partial charge is 0.271 e. The van der Waals surface area contributed by atoms with Crippen LogP contribution in [0.3, 0.4) is 0 Å². The Morgan fingerprint density at radius 1 is 0.938 bits per heavy atom. The second kappa shape index (κ2) is 9.82. The zero-order chi connectivity index (χ0) is 23.4. The summed E-state index contributed by atoms with van der Waals surface area (Å²) in [5.74, 6) is -0.511. The third kappa shape index (κ3) is 5.54. The van der Waals surface area contributed by atoms with Gasteiger partial charge in [-0.1, -0.05) is 44.2 Å². The number of hydrazine groups is 1. The average molecular weight is 494 g/mol. The molecule has 170 valence electrons. The molecule has 0 radical (unpaired) electrons. The zero-order valence-corrected chi connectivity index (χ0v) is 19.9. The molecule has 8 nitrogen and oxygen atoms in total. The van der Waals surface area contributed by atoms with E-state index in [1.165, 1.54) is 30.3 Å². The van der Waals surface area contributed by atoms with E-state index in [9.17, 15) is 21.6 Å². The maximum absolute atomic E-state index is 12.6. The molecular weight excluding hydrogens is 470 g/mol. The number of amides is 1. The summed E-state index contributed by atoms with van der Waals surface area (Å²) in [6.07, 6.45) is 0.927.